The van der Waals surface area contributed by atoms with Crippen LogP contribution in [-0.4, -0.2) is 13.4 Å². The third-order valence-electron chi connectivity index (χ3n) is 2.49. The van der Waals surface area contributed by atoms with Gasteiger partial charge in [-0.3, -0.25) is 0 Å². The maximum Gasteiger partial charge on any atom is 0.244 e. The lowest BCUT2D eigenvalue weighted by Crippen LogP contribution is -2.27. The van der Waals surface area contributed by atoms with E-state index < -0.39 is 26.8 Å². The van der Waals surface area contributed by atoms with Gasteiger partial charge in [0.1, 0.15) is 15.7 Å². The predicted octanol–water partition coefficient (Wildman–Crippen LogP) is 2.67. The molecule has 2 rings (SSSR count). The number of anilines is 1. The summed E-state index contributed by atoms with van der Waals surface area (Å²) in [4.78, 5) is 3.53. The first-order chi connectivity index (χ1) is 9.31. The molecule has 0 saturated carbocycles. The van der Waals surface area contributed by atoms with Gasteiger partial charge in [0.15, 0.2) is 0 Å². The molecule has 2 aromatic rings. The van der Waals surface area contributed by atoms with Gasteiger partial charge in [-0.1, -0.05) is 0 Å². The van der Waals surface area contributed by atoms with E-state index >= 15 is 0 Å². The summed E-state index contributed by atoms with van der Waals surface area (Å²) in [6.07, 6.45) is 1.57. The molecule has 0 aliphatic heterocycles. The van der Waals surface area contributed by atoms with Crippen LogP contribution < -0.4 is 10.5 Å². The summed E-state index contributed by atoms with van der Waals surface area (Å²) in [5, 5.41) is 2.33. The van der Waals surface area contributed by atoms with E-state index in [2.05, 4.69) is 25.6 Å². The lowest BCUT2D eigenvalue weighted by molar-refractivity contribution is 0.546. The zero-order valence-electron chi connectivity index (χ0n) is 10.3. The maximum atomic E-state index is 13.8. The molecule has 0 saturated heterocycles. The summed E-state index contributed by atoms with van der Waals surface area (Å²) in [7, 11) is -4.01. The van der Waals surface area contributed by atoms with Gasteiger partial charge in [0.2, 0.25) is 10.0 Å². The fourth-order valence-electron chi connectivity index (χ4n) is 1.55. The molecule has 108 valence electrons. The SMILES string of the molecule is CC(NS(=O)(=O)c1cc(N)c(Br)cc1F)c1nccs1. The predicted molar refractivity (Wildman–Crippen MR) is 79.4 cm³/mol. The molecule has 0 aliphatic rings. The molecule has 0 bridgehead atoms. The van der Waals surface area contributed by atoms with Crippen LogP contribution in [0.15, 0.2) is 33.1 Å². The molecule has 3 N–H and O–H groups in total. The Morgan fingerprint density at radius 3 is 2.80 bits per heavy atom. The van der Waals surface area contributed by atoms with Gasteiger partial charge < -0.3 is 5.73 Å². The van der Waals surface area contributed by atoms with Gasteiger partial charge >= 0.3 is 0 Å². The number of halogens is 2. The normalized spacial score (nSPS) is 13.3. The summed E-state index contributed by atoms with van der Waals surface area (Å²) in [6.45, 7) is 1.64. The van der Waals surface area contributed by atoms with Gasteiger partial charge in [-0.25, -0.2) is 22.5 Å². The molecule has 1 aromatic carbocycles. The molecule has 5 nitrogen and oxygen atoms in total. The van der Waals surface area contributed by atoms with E-state index in [1.54, 1.807) is 18.5 Å². The molecule has 1 heterocycles. The van der Waals surface area contributed by atoms with Crippen molar-refractivity contribution in [2.24, 2.45) is 0 Å². The Labute approximate surface area is 128 Å². The van der Waals surface area contributed by atoms with E-state index in [4.69, 9.17) is 5.73 Å². The van der Waals surface area contributed by atoms with Crippen molar-refractivity contribution in [3.05, 3.63) is 39.0 Å². The Morgan fingerprint density at radius 2 is 2.20 bits per heavy atom. The van der Waals surface area contributed by atoms with Crippen molar-refractivity contribution < 1.29 is 12.8 Å². The number of sulfonamides is 1. The molecule has 20 heavy (non-hydrogen) atoms. The molecular formula is C11H11BrFN3O2S2. The number of benzene rings is 1. The van der Waals surface area contributed by atoms with Crippen LogP contribution in [0.4, 0.5) is 10.1 Å². The van der Waals surface area contributed by atoms with Crippen LogP contribution in [0.25, 0.3) is 0 Å². The van der Waals surface area contributed by atoms with Crippen LogP contribution in [0.1, 0.15) is 18.0 Å². The van der Waals surface area contributed by atoms with Crippen LogP contribution in [-0.2, 0) is 10.0 Å². The minimum atomic E-state index is -4.01. The highest BCUT2D eigenvalue weighted by Gasteiger charge is 2.24. The molecule has 0 radical (unpaired) electrons. The second-order valence-electron chi connectivity index (χ2n) is 4.02. The standard InChI is InChI=1S/C11H11BrFN3O2S2/c1-6(11-15-2-3-19-11)16-20(17,18)10-5-9(14)7(12)4-8(10)13/h2-6,16H,14H2,1H3. The minimum absolute atomic E-state index is 0.147. The monoisotopic (exact) mass is 379 g/mol. The van der Waals surface area contributed by atoms with Crippen molar-refractivity contribution in [1.29, 1.82) is 0 Å². The summed E-state index contributed by atoms with van der Waals surface area (Å²) >= 11 is 4.35. The van der Waals surface area contributed by atoms with Crippen LogP contribution in [0, 0.1) is 5.82 Å². The highest BCUT2D eigenvalue weighted by Crippen LogP contribution is 2.27. The average Bonchev–Trinajstić information content (AvgIpc) is 2.86. The molecule has 1 atom stereocenters. The number of hydrogen-bond acceptors (Lipinski definition) is 5. The number of nitrogens with two attached hydrogens (primary N) is 1. The van der Waals surface area contributed by atoms with Crippen molar-refractivity contribution in [2.45, 2.75) is 17.9 Å². The third kappa shape index (κ3) is 3.17. The summed E-state index contributed by atoms with van der Waals surface area (Å²) in [5.74, 6) is -0.870. The molecule has 9 heteroatoms. The first kappa shape index (κ1) is 15.4. The Balaban J connectivity index is 2.34. The van der Waals surface area contributed by atoms with Crippen LogP contribution in [0.5, 0.6) is 0 Å². The third-order valence-corrected chi connectivity index (χ3v) is 5.70. The molecule has 1 aromatic heterocycles. The van der Waals surface area contributed by atoms with Gasteiger partial charge in [-0.05, 0) is 35.0 Å². The van der Waals surface area contributed by atoms with E-state index in [0.29, 0.717) is 9.48 Å². The van der Waals surface area contributed by atoms with Crippen molar-refractivity contribution in [1.82, 2.24) is 9.71 Å². The number of aromatic nitrogens is 1. The number of nitrogen functional groups attached to an aromatic ring is 1. The van der Waals surface area contributed by atoms with Gasteiger partial charge in [0.05, 0.1) is 6.04 Å². The Hall–Kier alpha value is -1.03. The smallest absolute Gasteiger partial charge is 0.244 e. The molecule has 0 fully saturated rings. The first-order valence-electron chi connectivity index (χ1n) is 5.47. The highest BCUT2D eigenvalue weighted by molar-refractivity contribution is 9.10. The van der Waals surface area contributed by atoms with E-state index in [1.807, 2.05) is 0 Å². The highest BCUT2D eigenvalue weighted by atomic mass is 79.9. The van der Waals surface area contributed by atoms with E-state index in [-0.39, 0.29) is 5.69 Å². The Kier molecular flexibility index (Phi) is 4.43. The maximum absolute atomic E-state index is 13.8. The van der Waals surface area contributed by atoms with Crippen LogP contribution >= 0.6 is 27.3 Å². The fraction of sp³-hybridized carbons (Fsp3) is 0.182. The topological polar surface area (TPSA) is 85.1 Å². The first-order valence-corrected chi connectivity index (χ1v) is 8.63. The average molecular weight is 380 g/mol. The summed E-state index contributed by atoms with van der Waals surface area (Å²) in [6, 6.07) is 1.55. The van der Waals surface area contributed by atoms with Gasteiger partial charge in [0.25, 0.3) is 0 Å². The molecular weight excluding hydrogens is 369 g/mol. The lowest BCUT2D eigenvalue weighted by atomic mass is 10.3. The lowest BCUT2D eigenvalue weighted by Gasteiger charge is -2.13. The summed E-state index contributed by atoms with van der Waals surface area (Å²) in [5.41, 5.74) is 5.74. The number of nitrogens with one attached hydrogen (secondary N) is 1. The van der Waals surface area contributed by atoms with Crippen LogP contribution in [0.3, 0.4) is 0 Å². The van der Waals surface area contributed by atoms with Crippen molar-refractivity contribution in [2.75, 3.05) is 5.73 Å². The van der Waals surface area contributed by atoms with Crippen molar-refractivity contribution in [3.63, 3.8) is 0 Å². The zero-order valence-corrected chi connectivity index (χ0v) is 13.5. The van der Waals surface area contributed by atoms with E-state index in [0.717, 1.165) is 12.1 Å². The second kappa shape index (κ2) is 5.76. The summed E-state index contributed by atoms with van der Waals surface area (Å²) < 4.78 is 40.8. The van der Waals surface area contributed by atoms with Crippen molar-refractivity contribution in [3.8, 4) is 0 Å². The van der Waals surface area contributed by atoms with Gasteiger partial charge in [-0.15, -0.1) is 11.3 Å². The van der Waals surface area contributed by atoms with Gasteiger partial charge in [0, 0.05) is 21.7 Å². The van der Waals surface area contributed by atoms with E-state index in [9.17, 15) is 12.8 Å². The largest absolute Gasteiger partial charge is 0.398 e. The molecule has 0 amide bonds. The molecule has 0 spiro atoms. The number of rotatable bonds is 4. The van der Waals surface area contributed by atoms with Crippen molar-refractivity contribution >= 4 is 43.0 Å². The second-order valence-corrected chi connectivity index (χ2v) is 7.48. The Morgan fingerprint density at radius 1 is 1.50 bits per heavy atom. The Bertz CT molecular complexity index is 720. The number of thiazole rings is 1. The number of nitrogens with zero attached hydrogens (tertiary/aromatic N) is 1. The molecule has 0 aliphatic carbocycles. The molecule has 1 unspecified atom stereocenters. The fourth-order valence-corrected chi connectivity index (χ4v) is 3.88. The van der Waals surface area contributed by atoms with Gasteiger partial charge in [-0.2, -0.15) is 0 Å². The number of hydrogen-bond donors (Lipinski definition) is 2. The zero-order chi connectivity index (χ0) is 14.9. The quantitative estimate of drug-likeness (QED) is 0.799. The van der Waals surface area contributed by atoms with Crippen LogP contribution in [0.2, 0.25) is 0 Å². The van der Waals surface area contributed by atoms with E-state index in [1.165, 1.54) is 11.3 Å². The minimum Gasteiger partial charge on any atom is -0.398 e.